The van der Waals surface area contributed by atoms with E-state index >= 15 is 0 Å². The maximum atomic E-state index is 13.1. The first-order valence-electron chi connectivity index (χ1n) is 11.2. The van der Waals surface area contributed by atoms with Crippen molar-refractivity contribution < 1.29 is 19.2 Å². The number of hydrogen-bond acceptors (Lipinski definition) is 6. The summed E-state index contributed by atoms with van der Waals surface area (Å²) in [6.07, 6.45) is 2.08. The summed E-state index contributed by atoms with van der Waals surface area (Å²) in [7, 11) is 0. The lowest BCUT2D eigenvalue weighted by Crippen LogP contribution is -2.55. The van der Waals surface area contributed by atoms with E-state index in [0.29, 0.717) is 32.2 Å². The third kappa shape index (κ3) is 8.35. The highest BCUT2D eigenvalue weighted by Crippen LogP contribution is 2.19. The molecule has 1 fully saturated rings. The van der Waals surface area contributed by atoms with Gasteiger partial charge in [-0.2, -0.15) is 0 Å². The van der Waals surface area contributed by atoms with Crippen LogP contribution in [0.3, 0.4) is 0 Å². The third-order valence-electron chi connectivity index (χ3n) is 5.47. The second-order valence-electron chi connectivity index (χ2n) is 8.18. The number of carbonyl (C=O) groups is 4. The molecule has 0 spiro atoms. The molecular weight excluding hydrogens is 440 g/mol. The molecule has 3 atom stereocenters. The molecule has 2 rings (SSSR count). The minimum atomic E-state index is -0.948. The lowest BCUT2D eigenvalue weighted by molar-refractivity contribution is -0.140. The van der Waals surface area contributed by atoms with E-state index in [2.05, 4.69) is 15.6 Å². The minimum absolute atomic E-state index is 0.0780. The molecule has 0 unspecified atom stereocenters. The Kier molecular flexibility index (Phi) is 10.3. The average Bonchev–Trinajstić information content (AvgIpc) is 3.29. The predicted molar refractivity (Wildman–Crippen MR) is 127 cm³/mol. The van der Waals surface area contributed by atoms with Crippen LogP contribution >= 0.6 is 0 Å². The van der Waals surface area contributed by atoms with E-state index in [1.807, 2.05) is 30.3 Å². The smallest absolute Gasteiger partial charge is 0.243 e. The molecule has 1 aromatic rings. The lowest BCUT2D eigenvalue weighted by atomic mass is 10.0. The van der Waals surface area contributed by atoms with Gasteiger partial charge in [0.2, 0.25) is 23.6 Å². The molecule has 34 heavy (non-hydrogen) atoms. The molecule has 12 nitrogen and oxygen atoms in total. The van der Waals surface area contributed by atoms with Crippen LogP contribution in [0.25, 0.3) is 0 Å². The fraction of sp³-hybridized carbons (Fsp3) is 0.500. The maximum absolute atomic E-state index is 13.1. The first kappa shape index (κ1) is 26.6. The standard InChI is InChI=1S/C22H34N8O4/c23-15(12-14-6-2-1-3-7-14)21(34)30-11-5-9-17(30)20(33)29-16(8-4-10-27-22(25)26)19(32)28-13-18(24)31/h1-3,6-7,15-17H,4-5,8-13,23H2,(H2,24,31)(H,28,32)(H,29,33)(H4,25,26,27)/t15-,16-,17+/m1/s1. The number of likely N-dealkylation sites (tertiary alicyclic amines) is 1. The molecule has 0 radical (unpaired) electrons. The predicted octanol–water partition coefficient (Wildman–Crippen LogP) is -2.31. The zero-order valence-electron chi connectivity index (χ0n) is 19.1. The van der Waals surface area contributed by atoms with Gasteiger partial charge >= 0.3 is 0 Å². The van der Waals surface area contributed by atoms with Crippen molar-refractivity contribution in [1.29, 1.82) is 0 Å². The Bertz CT molecular complexity index is 888. The van der Waals surface area contributed by atoms with E-state index in [1.54, 1.807) is 0 Å². The Labute approximate surface area is 198 Å². The highest BCUT2D eigenvalue weighted by molar-refractivity contribution is 5.94. The summed E-state index contributed by atoms with van der Waals surface area (Å²) in [5.74, 6) is -2.12. The largest absolute Gasteiger partial charge is 0.370 e. The van der Waals surface area contributed by atoms with Gasteiger partial charge in [-0.15, -0.1) is 0 Å². The normalized spacial score (nSPS) is 16.9. The lowest BCUT2D eigenvalue weighted by Gasteiger charge is -2.28. The van der Waals surface area contributed by atoms with Crippen LogP contribution in [-0.2, 0) is 25.6 Å². The molecule has 1 saturated heterocycles. The van der Waals surface area contributed by atoms with Crippen molar-refractivity contribution >= 4 is 29.6 Å². The first-order chi connectivity index (χ1) is 16.2. The Morgan fingerprint density at radius 1 is 1.12 bits per heavy atom. The van der Waals surface area contributed by atoms with Crippen molar-refractivity contribution in [1.82, 2.24) is 15.5 Å². The molecule has 1 heterocycles. The van der Waals surface area contributed by atoms with Gasteiger partial charge in [0, 0.05) is 13.1 Å². The van der Waals surface area contributed by atoms with Crippen molar-refractivity contribution in [3.05, 3.63) is 35.9 Å². The first-order valence-corrected chi connectivity index (χ1v) is 11.2. The molecule has 10 N–H and O–H groups in total. The van der Waals surface area contributed by atoms with E-state index in [9.17, 15) is 19.2 Å². The fourth-order valence-electron chi connectivity index (χ4n) is 3.81. The Balaban J connectivity index is 2.02. The Morgan fingerprint density at radius 3 is 2.47 bits per heavy atom. The van der Waals surface area contributed by atoms with Crippen molar-refractivity contribution in [2.45, 2.75) is 50.2 Å². The van der Waals surface area contributed by atoms with Crippen molar-refractivity contribution in [3.8, 4) is 0 Å². The molecule has 186 valence electrons. The molecule has 0 aromatic heterocycles. The van der Waals surface area contributed by atoms with Crippen molar-refractivity contribution in [2.24, 2.45) is 27.9 Å². The number of benzene rings is 1. The molecular formula is C22H34N8O4. The number of carbonyl (C=O) groups excluding carboxylic acids is 4. The van der Waals surface area contributed by atoms with Crippen LogP contribution < -0.4 is 33.6 Å². The average molecular weight is 475 g/mol. The van der Waals surface area contributed by atoms with Crippen LogP contribution in [0.2, 0.25) is 0 Å². The van der Waals surface area contributed by atoms with Gasteiger partial charge in [-0.25, -0.2) is 0 Å². The van der Waals surface area contributed by atoms with Crippen LogP contribution in [0.5, 0.6) is 0 Å². The molecule has 1 aliphatic rings. The topological polar surface area (TPSA) is 212 Å². The highest BCUT2D eigenvalue weighted by atomic mass is 16.2. The van der Waals surface area contributed by atoms with Gasteiger partial charge in [-0.05, 0) is 37.7 Å². The minimum Gasteiger partial charge on any atom is -0.370 e. The fourth-order valence-corrected chi connectivity index (χ4v) is 3.81. The second-order valence-corrected chi connectivity index (χ2v) is 8.18. The quantitative estimate of drug-likeness (QED) is 0.110. The summed E-state index contributed by atoms with van der Waals surface area (Å²) < 4.78 is 0. The van der Waals surface area contributed by atoms with Crippen LogP contribution in [0.4, 0.5) is 0 Å². The van der Waals surface area contributed by atoms with E-state index < -0.39 is 35.8 Å². The van der Waals surface area contributed by atoms with E-state index in [-0.39, 0.29) is 31.4 Å². The zero-order valence-corrected chi connectivity index (χ0v) is 19.1. The number of rotatable bonds is 12. The highest BCUT2D eigenvalue weighted by Gasteiger charge is 2.37. The summed E-state index contributed by atoms with van der Waals surface area (Å²) in [6, 6.07) is 6.92. The van der Waals surface area contributed by atoms with Crippen LogP contribution in [0.15, 0.2) is 35.3 Å². The monoisotopic (exact) mass is 474 g/mol. The Hall–Kier alpha value is -3.67. The van der Waals surface area contributed by atoms with Crippen LogP contribution in [0.1, 0.15) is 31.2 Å². The maximum Gasteiger partial charge on any atom is 0.243 e. The number of nitrogens with two attached hydrogens (primary N) is 4. The molecule has 1 aromatic carbocycles. The summed E-state index contributed by atoms with van der Waals surface area (Å²) in [4.78, 5) is 54.9. The Morgan fingerprint density at radius 2 is 1.82 bits per heavy atom. The van der Waals surface area contributed by atoms with Gasteiger partial charge < -0.3 is 38.5 Å². The van der Waals surface area contributed by atoms with Crippen molar-refractivity contribution in [3.63, 3.8) is 0 Å². The molecule has 4 amide bonds. The molecule has 0 aliphatic carbocycles. The number of amides is 4. The van der Waals surface area contributed by atoms with Gasteiger partial charge in [0.1, 0.15) is 12.1 Å². The number of nitrogens with one attached hydrogen (secondary N) is 2. The van der Waals surface area contributed by atoms with Gasteiger partial charge in [-0.3, -0.25) is 24.2 Å². The number of guanidine groups is 1. The number of hydrogen-bond donors (Lipinski definition) is 6. The summed E-state index contributed by atoms with van der Waals surface area (Å²) in [5, 5.41) is 5.09. The van der Waals surface area contributed by atoms with Crippen LogP contribution in [-0.4, -0.2) is 72.2 Å². The summed E-state index contributed by atoms with van der Waals surface area (Å²) >= 11 is 0. The van der Waals surface area contributed by atoms with Crippen molar-refractivity contribution in [2.75, 3.05) is 19.6 Å². The SMILES string of the molecule is NC(=O)CNC(=O)[C@@H](CCCN=C(N)N)NC(=O)[C@@H]1CCCN1C(=O)[C@H](N)Cc1ccccc1. The van der Waals surface area contributed by atoms with Gasteiger partial charge in [0.25, 0.3) is 0 Å². The van der Waals surface area contributed by atoms with Gasteiger partial charge in [-0.1, -0.05) is 30.3 Å². The second kappa shape index (κ2) is 13.1. The van der Waals surface area contributed by atoms with E-state index in [0.717, 1.165) is 5.56 Å². The number of primary amides is 1. The molecule has 1 aliphatic heterocycles. The third-order valence-corrected chi connectivity index (χ3v) is 5.47. The zero-order chi connectivity index (χ0) is 25.1. The summed E-state index contributed by atoms with van der Waals surface area (Å²) in [5.41, 5.74) is 22.8. The molecule has 0 bridgehead atoms. The molecule has 12 heteroatoms. The number of aliphatic imine (C=N–C) groups is 1. The van der Waals surface area contributed by atoms with E-state index in [4.69, 9.17) is 22.9 Å². The van der Waals surface area contributed by atoms with Gasteiger partial charge in [0.15, 0.2) is 5.96 Å². The van der Waals surface area contributed by atoms with Gasteiger partial charge in [0.05, 0.1) is 12.6 Å². The van der Waals surface area contributed by atoms with Crippen LogP contribution in [0, 0.1) is 0 Å². The summed E-state index contributed by atoms with van der Waals surface area (Å²) in [6.45, 7) is 0.310. The van der Waals surface area contributed by atoms with E-state index in [1.165, 1.54) is 4.90 Å². The number of nitrogens with zero attached hydrogens (tertiary/aromatic N) is 2. The molecule has 0 saturated carbocycles.